The van der Waals surface area contributed by atoms with E-state index in [-0.39, 0.29) is 12.3 Å². The normalized spacial score (nSPS) is 17.2. The Morgan fingerprint density at radius 1 is 1.29 bits per heavy atom. The Morgan fingerprint density at radius 2 is 1.95 bits per heavy atom. The van der Waals surface area contributed by atoms with Gasteiger partial charge in [-0.25, -0.2) is 0 Å². The molecule has 0 radical (unpaired) electrons. The minimum Gasteiger partial charge on any atom is -0.481 e. The maximum Gasteiger partial charge on any atom is 0.305 e. The van der Waals surface area contributed by atoms with Gasteiger partial charge in [-0.2, -0.15) is 0 Å². The minimum atomic E-state index is -0.891. The molecule has 0 bridgehead atoms. The molecule has 1 aromatic carbocycles. The SMILES string of the molecule is O=C(O)CC1(NC(=O)c2cccc(Br)c2Cl)CCCCC1. The fourth-order valence-corrected chi connectivity index (χ4v) is 3.43. The molecule has 21 heavy (non-hydrogen) atoms. The first-order valence-electron chi connectivity index (χ1n) is 6.92. The third kappa shape index (κ3) is 3.98. The second-order valence-electron chi connectivity index (χ2n) is 5.47. The molecule has 2 N–H and O–H groups in total. The first-order valence-corrected chi connectivity index (χ1v) is 8.09. The average molecular weight is 375 g/mol. The van der Waals surface area contributed by atoms with Gasteiger partial charge in [-0.15, -0.1) is 0 Å². The molecule has 0 aromatic heterocycles. The van der Waals surface area contributed by atoms with Gasteiger partial charge >= 0.3 is 5.97 Å². The quantitative estimate of drug-likeness (QED) is 0.837. The molecule has 1 fully saturated rings. The van der Waals surface area contributed by atoms with E-state index in [1.165, 1.54) is 0 Å². The number of hydrogen-bond acceptors (Lipinski definition) is 2. The van der Waals surface area contributed by atoms with Gasteiger partial charge in [0.15, 0.2) is 0 Å². The van der Waals surface area contributed by atoms with Gasteiger partial charge in [0, 0.05) is 4.47 Å². The first kappa shape index (κ1) is 16.3. The Balaban J connectivity index is 2.21. The Morgan fingerprint density at radius 3 is 2.57 bits per heavy atom. The summed E-state index contributed by atoms with van der Waals surface area (Å²) in [6.45, 7) is 0. The third-order valence-corrected chi connectivity index (χ3v) is 5.17. The summed E-state index contributed by atoms with van der Waals surface area (Å²) in [5, 5.41) is 12.4. The largest absolute Gasteiger partial charge is 0.481 e. The van der Waals surface area contributed by atoms with E-state index in [1.807, 2.05) is 0 Å². The molecular weight excluding hydrogens is 358 g/mol. The number of aliphatic carboxylic acids is 1. The Bertz CT molecular complexity index is 556. The number of benzene rings is 1. The number of carbonyl (C=O) groups excluding carboxylic acids is 1. The van der Waals surface area contributed by atoms with E-state index in [2.05, 4.69) is 21.2 Å². The highest BCUT2D eigenvalue weighted by atomic mass is 79.9. The number of halogens is 2. The molecule has 4 nitrogen and oxygen atoms in total. The van der Waals surface area contributed by atoms with Crippen molar-refractivity contribution in [3.63, 3.8) is 0 Å². The molecule has 1 aromatic rings. The number of nitrogens with one attached hydrogen (secondary N) is 1. The van der Waals surface area contributed by atoms with Crippen LogP contribution in [0, 0.1) is 0 Å². The van der Waals surface area contributed by atoms with E-state index >= 15 is 0 Å². The fourth-order valence-electron chi connectivity index (χ4n) is 2.85. The van der Waals surface area contributed by atoms with Crippen molar-refractivity contribution in [2.75, 3.05) is 0 Å². The van der Waals surface area contributed by atoms with Gasteiger partial charge in [-0.05, 0) is 40.9 Å². The van der Waals surface area contributed by atoms with Gasteiger partial charge in [-0.3, -0.25) is 9.59 Å². The maximum atomic E-state index is 12.5. The van der Waals surface area contributed by atoms with Crippen LogP contribution in [0.15, 0.2) is 22.7 Å². The van der Waals surface area contributed by atoms with Crippen LogP contribution in [0.25, 0.3) is 0 Å². The lowest BCUT2D eigenvalue weighted by Gasteiger charge is -2.37. The number of amides is 1. The van der Waals surface area contributed by atoms with Gasteiger partial charge in [0.1, 0.15) is 0 Å². The van der Waals surface area contributed by atoms with Crippen molar-refractivity contribution >= 4 is 39.4 Å². The molecule has 114 valence electrons. The van der Waals surface area contributed by atoms with E-state index in [0.29, 0.717) is 27.9 Å². The molecule has 1 amide bonds. The van der Waals surface area contributed by atoms with Crippen molar-refractivity contribution in [3.8, 4) is 0 Å². The molecule has 0 unspecified atom stereocenters. The van der Waals surface area contributed by atoms with Crippen LogP contribution in [0.3, 0.4) is 0 Å². The van der Waals surface area contributed by atoms with Crippen LogP contribution < -0.4 is 5.32 Å². The van der Waals surface area contributed by atoms with Crippen molar-refractivity contribution < 1.29 is 14.7 Å². The molecule has 6 heteroatoms. The van der Waals surface area contributed by atoms with Crippen LogP contribution in [0.2, 0.25) is 5.02 Å². The van der Waals surface area contributed by atoms with Crippen LogP contribution in [0.4, 0.5) is 0 Å². The Hall–Kier alpha value is -1.07. The van der Waals surface area contributed by atoms with E-state index < -0.39 is 11.5 Å². The number of carboxylic acid groups (broad SMARTS) is 1. The monoisotopic (exact) mass is 373 g/mol. The van der Waals surface area contributed by atoms with Crippen LogP contribution in [-0.4, -0.2) is 22.5 Å². The van der Waals surface area contributed by atoms with Crippen LogP contribution in [0.5, 0.6) is 0 Å². The molecular formula is C15H17BrClNO3. The lowest BCUT2D eigenvalue weighted by molar-refractivity contribution is -0.139. The number of hydrogen-bond donors (Lipinski definition) is 2. The minimum absolute atomic E-state index is 0.0512. The van der Waals surface area contributed by atoms with Gasteiger partial charge < -0.3 is 10.4 Å². The highest BCUT2D eigenvalue weighted by Crippen LogP contribution is 2.32. The van der Waals surface area contributed by atoms with Crippen molar-refractivity contribution in [3.05, 3.63) is 33.3 Å². The average Bonchev–Trinajstić information content (AvgIpc) is 2.41. The highest BCUT2D eigenvalue weighted by Gasteiger charge is 2.36. The van der Waals surface area contributed by atoms with E-state index in [9.17, 15) is 9.59 Å². The molecule has 0 spiro atoms. The van der Waals surface area contributed by atoms with Crippen molar-refractivity contribution in [2.45, 2.75) is 44.1 Å². The smallest absolute Gasteiger partial charge is 0.305 e. The number of carbonyl (C=O) groups is 2. The molecule has 0 saturated heterocycles. The van der Waals surface area contributed by atoms with Gasteiger partial charge in [-0.1, -0.05) is 36.9 Å². The first-order chi connectivity index (χ1) is 9.93. The van der Waals surface area contributed by atoms with Crippen LogP contribution in [0.1, 0.15) is 48.9 Å². The summed E-state index contributed by atoms with van der Waals surface area (Å²) in [6, 6.07) is 5.13. The maximum absolute atomic E-state index is 12.5. The number of rotatable bonds is 4. The fraction of sp³-hybridized carbons (Fsp3) is 0.467. The van der Waals surface area contributed by atoms with Gasteiger partial charge in [0.05, 0.1) is 22.5 Å². The highest BCUT2D eigenvalue weighted by molar-refractivity contribution is 9.10. The summed E-state index contributed by atoms with van der Waals surface area (Å²) in [5.74, 6) is -1.21. The number of carboxylic acids is 1. The molecule has 1 saturated carbocycles. The van der Waals surface area contributed by atoms with Gasteiger partial charge in [0.25, 0.3) is 5.91 Å². The molecule has 0 aliphatic heterocycles. The summed E-state index contributed by atoms with van der Waals surface area (Å²) in [4.78, 5) is 23.6. The van der Waals surface area contributed by atoms with E-state index in [4.69, 9.17) is 16.7 Å². The summed E-state index contributed by atoms with van der Waals surface area (Å²) in [6.07, 6.45) is 4.27. The van der Waals surface area contributed by atoms with Gasteiger partial charge in [0.2, 0.25) is 0 Å². The van der Waals surface area contributed by atoms with Crippen molar-refractivity contribution in [1.82, 2.24) is 5.32 Å². The topological polar surface area (TPSA) is 66.4 Å². The van der Waals surface area contributed by atoms with Crippen molar-refractivity contribution in [1.29, 1.82) is 0 Å². The lowest BCUT2D eigenvalue weighted by atomic mass is 9.79. The molecule has 2 rings (SSSR count). The van der Waals surface area contributed by atoms with E-state index in [1.54, 1.807) is 18.2 Å². The predicted molar refractivity (Wildman–Crippen MR) is 84.7 cm³/mol. The summed E-state index contributed by atoms with van der Waals surface area (Å²) in [7, 11) is 0. The van der Waals surface area contributed by atoms with Crippen molar-refractivity contribution in [2.24, 2.45) is 0 Å². The molecule has 1 aliphatic rings. The van der Waals surface area contributed by atoms with Crippen LogP contribution in [-0.2, 0) is 4.79 Å². The predicted octanol–water partition coefficient (Wildman–Crippen LogP) is 4.01. The third-order valence-electron chi connectivity index (χ3n) is 3.88. The second-order valence-corrected chi connectivity index (χ2v) is 6.70. The molecule has 0 atom stereocenters. The standard InChI is InChI=1S/C15H17BrClNO3/c16-11-6-4-5-10(13(11)17)14(21)18-15(9-12(19)20)7-2-1-3-8-15/h4-6H,1-3,7-9H2,(H,18,21)(H,19,20). The summed E-state index contributed by atoms with van der Waals surface area (Å²) < 4.78 is 0.646. The summed E-state index contributed by atoms with van der Waals surface area (Å²) >= 11 is 9.42. The Labute approximate surface area is 137 Å². The zero-order chi connectivity index (χ0) is 15.5. The zero-order valence-electron chi connectivity index (χ0n) is 11.5. The van der Waals surface area contributed by atoms with Crippen LogP contribution >= 0.6 is 27.5 Å². The second kappa shape index (κ2) is 6.79. The summed E-state index contributed by atoms with van der Waals surface area (Å²) in [5.41, 5.74) is -0.298. The lowest BCUT2D eigenvalue weighted by Crippen LogP contribution is -2.51. The molecule has 1 aliphatic carbocycles. The Kier molecular flexibility index (Phi) is 5.27. The van der Waals surface area contributed by atoms with E-state index in [0.717, 1.165) is 19.3 Å². The zero-order valence-corrected chi connectivity index (χ0v) is 13.8. The molecule has 0 heterocycles.